The van der Waals surface area contributed by atoms with Crippen LogP contribution in [0.3, 0.4) is 0 Å². The van der Waals surface area contributed by atoms with Gasteiger partial charge in [-0.25, -0.2) is 0 Å². The summed E-state index contributed by atoms with van der Waals surface area (Å²) < 4.78 is 0. The number of amides is 1. The van der Waals surface area contributed by atoms with E-state index in [1.54, 1.807) is 7.05 Å². The molecule has 88 valence electrons. The minimum Gasteiger partial charge on any atom is -0.358 e. The molecule has 0 spiro atoms. The van der Waals surface area contributed by atoms with E-state index in [1.807, 2.05) is 31.2 Å². The van der Waals surface area contributed by atoms with Crippen molar-refractivity contribution >= 4 is 5.91 Å². The van der Waals surface area contributed by atoms with Gasteiger partial charge in [0.1, 0.15) is 6.54 Å². The average Bonchev–Trinajstić information content (AvgIpc) is 2.78. The minimum absolute atomic E-state index is 0.0788. The molecule has 0 saturated carbocycles. The van der Waals surface area contributed by atoms with Gasteiger partial charge < -0.3 is 5.32 Å². The number of aryl methyl sites for hydroxylation is 1. The van der Waals surface area contributed by atoms with Gasteiger partial charge in [0.25, 0.3) is 0 Å². The summed E-state index contributed by atoms with van der Waals surface area (Å²) >= 11 is 0. The number of rotatable bonds is 3. The summed E-state index contributed by atoms with van der Waals surface area (Å²) in [6.07, 6.45) is 0. The number of hydrogen-bond acceptors (Lipinski definition) is 4. The maximum Gasteiger partial charge on any atom is 0.243 e. The molecule has 0 atom stereocenters. The molecule has 2 rings (SSSR count). The van der Waals surface area contributed by atoms with Gasteiger partial charge in [-0.05, 0) is 17.7 Å². The second kappa shape index (κ2) is 4.73. The number of likely N-dealkylation sites (N-methyl/N-ethyl adjacent to an activating group) is 1. The van der Waals surface area contributed by atoms with E-state index in [4.69, 9.17) is 0 Å². The van der Waals surface area contributed by atoms with Crippen LogP contribution in [0.15, 0.2) is 24.3 Å². The number of hydrogen-bond donors (Lipinski definition) is 1. The SMILES string of the molecule is CNC(=O)Cn1nnc(-c2ccccc2C)n1. The van der Waals surface area contributed by atoms with E-state index in [1.165, 1.54) is 4.80 Å². The predicted molar refractivity (Wildman–Crippen MR) is 62.1 cm³/mol. The molecule has 1 heterocycles. The number of nitrogens with one attached hydrogen (secondary N) is 1. The second-order valence-electron chi connectivity index (χ2n) is 3.63. The van der Waals surface area contributed by atoms with Gasteiger partial charge in [-0.1, -0.05) is 24.3 Å². The highest BCUT2D eigenvalue weighted by atomic mass is 16.2. The first kappa shape index (κ1) is 11.3. The zero-order valence-electron chi connectivity index (χ0n) is 9.71. The lowest BCUT2D eigenvalue weighted by atomic mass is 10.1. The van der Waals surface area contributed by atoms with Gasteiger partial charge in [0.15, 0.2) is 0 Å². The molecule has 1 N–H and O–H groups in total. The molecule has 0 radical (unpaired) electrons. The smallest absolute Gasteiger partial charge is 0.243 e. The van der Waals surface area contributed by atoms with Gasteiger partial charge >= 0.3 is 0 Å². The first-order chi connectivity index (χ1) is 8.20. The lowest BCUT2D eigenvalue weighted by molar-refractivity contribution is -0.121. The minimum atomic E-state index is -0.154. The van der Waals surface area contributed by atoms with Gasteiger partial charge in [-0.3, -0.25) is 4.79 Å². The van der Waals surface area contributed by atoms with Gasteiger partial charge in [0.2, 0.25) is 11.7 Å². The molecule has 1 amide bonds. The van der Waals surface area contributed by atoms with E-state index in [-0.39, 0.29) is 12.5 Å². The molecule has 6 nitrogen and oxygen atoms in total. The molecular formula is C11H13N5O. The normalized spacial score (nSPS) is 10.2. The first-order valence-corrected chi connectivity index (χ1v) is 5.25. The zero-order valence-corrected chi connectivity index (χ0v) is 9.71. The van der Waals surface area contributed by atoms with E-state index < -0.39 is 0 Å². The molecule has 17 heavy (non-hydrogen) atoms. The quantitative estimate of drug-likeness (QED) is 0.829. The molecule has 0 aliphatic carbocycles. The van der Waals surface area contributed by atoms with Crippen LogP contribution in [-0.2, 0) is 11.3 Å². The van der Waals surface area contributed by atoms with Gasteiger partial charge in [-0.15, -0.1) is 10.2 Å². The van der Waals surface area contributed by atoms with Crippen LogP contribution >= 0.6 is 0 Å². The van der Waals surface area contributed by atoms with Crippen LogP contribution in [0.4, 0.5) is 0 Å². The number of carbonyl (C=O) groups is 1. The Morgan fingerprint density at radius 1 is 1.41 bits per heavy atom. The Bertz CT molecular complexity index is 534. The van der Waals surface area contributed by atoms with Crippen molar-refractivity contribution in [1.29, 1.82) is 0 Å². The van der Waals surface area contributed by atoms with Crippen LogP contribution in [0, 0.1) is 6.92 Å². The summed E-state index contributed by atoms with van der Waals surface area (Å²) in [6.45, 7) is 2.06. The highest BCUT2D eigenvalue weighted by Gasteiger charge is 2.09. The number of nitrogens with zero attached hydrogens (tertiary/aromatic N) is 4. The first-order valence-electron chi connectivity index (χ1n) is 5.25. The molecular weight excluding hydrogens is 218 g/mol. The lowest BCUT2D eigenvalue weighted by Gasteiger charge is -1.99. The van der Waals surface area contributed by atoms with Gasteiger partial charge in [0.05, 0.1) is 0 Å². The molecule has 1 aromatic heterocycles. The van der Waals surface area contributed by atoms with E-state index in [2.05, 4.69) is 20.7 Å². The number of benzene rings is 1. The Morgan fingerprint density at radius 2 is 2.18 bits per heavy atom. The molecule has 1 aromatic carbocycles. The monoisotopic (exact) mass is 231 g/mol. The van der Waals surface area contributed by atoms with Crippen LogP contribution in [-0.4, -0.2) is 33.2 Å². The summed E-state index contributed by atoms with van der Waals surface area (Å²) in [5.74, 6) is 0.380. The average molecular weight is 231 g/mol. The second-order valence-corrected chi connectivity index (χ2v) is 3.63. The molecule has 0 fully saturated rings. The van der Waals surface area contributed by atoms with E-state index in [9.17, 15) is 4.79 Å². The van der Waals surface area contributed by atoms with Crippen LogP contribution in [0.25, 0.3) is 11.4 Å². The Kier molecular flexibility index (Phi) is 3.13. The summed E-state index contributed by atoms with van der Waals surface area (Å²) in [4.78, 5) is 12.4. The van der Waals surface area contributed by atoms with Crippen molar-refractivity contribution in [3.8, 4) is 11.4 Å². The third-order valence-corrected chi connectivity index (χ3v) is 2.40. The molecule has 0 saturated heterocycles. The van der Waals surface area contributed by atoms with Crippen molar-refractivity contribution in [2.75, 3.05) is 7.05 Å². The third kappa shape index (κ3) is 2.47. The van der Waals surface area contributed by atoms with Crippen molar-refractivity contribution in [1.82, 2.24) is 25.5 Å². The van der Waals surface area contributed by atoms with Crippen LogP contribution in [0.2, 0.25) is 0 Å². The van der Waals surface area contributed by atoms with Crippen molar-refractivity contribution in [2.24, 2.45) is 0 Å². The maximum atomic E-state index is 11.2. The third-order valence-electron chi connectivity index (χ3n) is 2.40. The zero-order chi connectivity index (χ0) is 12.3. The molecule has 6 heteroatoms. The summed E-state index contributed by atoms with van der Waals surface area (Å²) in [6, 6.07) is 7.78. The Balaban J connectivity index is 2.24. The highest BCUT2D eigenvalue weighted by Crippen LogP contribution is 2.17. The van der Waals surface area contributed by atoms with Crippen molar-refractivity contribution in [3.05, 3.63) is 29.8 Å². The fraction of sp³-hybridized carbons (Fsp3) is 0.273. The Hall–Kier alpha value is -2.24. The Morgan fingerprint density at radius 3 is 2.88 bits per heavy atom. The number of tetrazole rings is 1. The molecule has 0 aliphatic heterocycles. The number of aromatic nitrogens is 4. The Labute approximate surface area is 98.6 Å². The highest BCUT2D eigenvalue weighted by molar-refractivity contribution is 5.75. The van der Waals surface area contributed by atoms with Gasteiger partial charge in [-0.2, -0.15) is 4.80 Å². The van der Waals surface area contributed by atoms with Gasteiger partial charge in [0, 0.05) is 12.6 Å². The molecule has 0 aliphatic rings. The molecule has 0 unspecified atom stereocenters. The lowest BCUT2D eigenvalue weighted by Crippen LogP contribution is -2.24. The van der Waals surface area contributed by atoms with Crippen molar-refractivity contribution in [2.45, 2.75) is 13.5 Å². The largest absolute Gasteiger partial charge is 0.358 e. The fourth-order valence-corrected chi connectivity index (χ4v) is 1.45. The van der Waals surface area contributed by atoms with E-state index >= 15 is 0 Å². The summed E-state index contributed by atoms with van der Waals surface area (Å²) in [7, 11) is 1.57. The summed E-state index contributed by atoms with van der Waals surface area (Å²) in [5.41, 5.74) is 2.00. The van der Waals surface area contributed by atoms with Crippen LogP contribution in [0.1, 0.15) is 5.56 Å². The predicted octanol–water partition coefficient (Wildman–Crippen LogP) is 0.395. The fourth-order valence-electron chi connectivity index (χ4n) is 1.45. The van der Waals surface area contributed by atoms with Crippen molar-refractivity contribution < 1.29 is 4.79 Å². The van der Waals surface area contributed by atoms with E-state index in [0.717, 1.165) is 11.1 Å². The topological polar surface area (TPSA) is 72.7 Å². The van der Waals surface area contributed by atoms with Crippen LogP contribution < -0.4 is 5.32 Å². The van der Waals surface area contributed by atoms with E-state index in [0.29, 0.717) is 5.82 Å². The molecule has 2 aromatic rings. The summed E-state index contributed by atoms with van der Waals surface area (Å²) in [5, 5.41) is 14.4. The standard InChI is InChI=1S/C11H13N5O/c1-8-5-3-4-6-9(8)11-13-15-16(14-11)7-10(17)12-2/h3-6H,7H2,1-2H3,(H,12,17). The van der Waals surface area contributed by atoms with Crippen molar-refractivity contribution in [3.63, 3.8) is 0 Å². The maximum absolute atomic E-state index is 11.2. The van der Waals surface area contributed by atoms with Crippen LogP contribution in [0.5, 0.6) is 0 Å². The number of carbonyl (C=O) groups excluding carboxylic acids is 1. The molecule has 0 bridgehead atoms.